The van der Waals surface area contributed by atoms with Gasteiger partial charge < -0.3 is 24.1 Å². The van der Waals surface area contributed by atoms with E-state index in [0.29, 0.717) is 0 Å². The predicted octanol–water partition coefficient (Wildman–Crippen LogP) is 0.832. The Bertz CT molecular complexity index is 577. The number of ether oxygens (including phenoxy) is 4. The Balaban J connectivity index is 3.62. The lowest BCUT2D eigenvalue weighted by atomic mass is 9.93. The van der Waals surface area contributed by atoms with Gasteiger partial charge in [-0.05, 0) is 17.7 Å². The number of rotatable bonds is 6. The first kappa shape index (κ1) is 17.3. The highest BCUT2D eigenvalue weighted by atomic mass is 16.5. The molecule has 0 heterocycles. The Kier molecular flexibility index (Phi) is 5.73. The Hall–Kier alpha value is -2.77. The van der Waals surface area contributed by atoms with Crippen LogP contribution in [0.15, 0.2) is 12.1 Å². The number of hydrogen-bond acceptors (Lipinski definition) is 7. The van der Waals surface area contributed by atoms with E-state index in [1.165, 1.54) is 20.3 Å². The fourth-order valence-electron chi connectivity index (χ4n) is 1.90. The van der Waals surface area contributed by atoms with Crippen molar-refractivity contribution in [2.45, 2.75) is 5.92 Å². The fourth-order valence-corrected chi connectivity index (χ4v) is 1.90. The molecule has 0 saturated heterocycles. The van der Waals surface area contributed by atoms with Crippen molar-refractivity contribution in [2.24, 2.45) is 0 Å². The molecular weight excluding hydrogens is 296 g/mol. The van der Waals surface area contributed by atoms with Gasteiger partial charge in [-0.1, -0.05) is 0 Å². The molecule has 0 aromatic heterocycles. The Morgan fingerprint density at radius 3 is 1.73 bits per heavy atom. The van der Waals surface area contributed by atoms with Gasteiger partial charge in [-0.2, -0.15) is 0 Å². The van der Waals surface area contributed by atoms with Crippen molar-refractivity contribution in [3.05, 3.63) is 23.3 Å². The van der Waals surface area contributed by atoms with Crippen LogP contribution in [0.2, 0.25) is 0 Å². The van der Waals surface area contributed by atoms with E-state index in [4.69, 9.17) is 9.47 Å². The zero-order valence-electron chi connectivity index (χ0n) is 12.5. The van der Waals surface area contributed by atoms with Crippen LogP contribution in [0.25, 0.3) is 0 Å². The van der Waals surface area contributed by atoms with E-state index < -0.39 is 23.8 Å². The summed E-state index contributed by atoms with van der Waals surface area (Å²) in [5.41, 5.74) is -0.401. The fraction of sp³-hybridized carbons (Fsp3) is 0.357. The molecule has 1 aromatic rings. The average Bonchev–Trinajstić information content (AvgIpc) is 2.53. The zero-order valence-corrected chi connectivity index (χ0v) is 12.5. The third-order valence-corrected chi connectivity index (χ3v) is 2.97. The first-order valence-electron chi connectivity index (χ1n) is 6.06. The third-order valence-electron chi connectivity index (χ3n) is 2.97. The minimum atomic E-state index is -1.54. The first-order valence-corrected chi connectivity index (χ1v) is 6.06. The molecule has 1 rings (SSSR count). The van der Waals surface area contributed by atoms with Crippen molar-refractivity contribution < 1.29 is 38.4 Å². The molecule has 8 nitrogen and oxygen atoms in total. The van der Waals surface area contributed by atoms with E-state index in [-0.39, 0.29) is 22.6 Å². The highest BCUT2D eigenvalue weighted by Crippen LogP contribution is 2.35. The molecule has 1 aromatic carbocycles. The number of carboxylic acids is 1. The van der Waals surface area contributed by atoms with E-state index in [1.807, 2.05) is 0 Å². The summed E-state index contributed by atoms with van der Waals surface area (Å²) in [7, 11) is 4.84. The number of esters is 2. The predicted molar refractivity (Wildman–Crippen MR) is 73.3 cm³/mol. The minimum Gasteiger partial charge on any atom is -0.493 e. The maximum Gasteiger partial charge on any atom is 0.336 e. The van der Waals surface area contributed by atoms with Crippen LogP contribution in [-0.2, 0) is 19.1 Å². The Labute approximate surface area is 126 Å². The largest absolute Gasteiger partial charge is 0.493 e. The molecule has 0 bridgehead atoms. The summed E-state index contributed by atoms with van der Waals surface area (Å²) < 4.78 is 19.2. The SMILES string of the molecule is COC(=O)C(C(=O)OC)c1cc(OC)c(OC)cc1C(=O)O. The summed E-state index contributed by atoms with van der Waals surface area (Å²) in [4.78, 5) is 35.1. The molecule has 120 valence electrons. The molecule has 0 aliphatic carbocycles. The highest BCUT2D eigenvalue weighted by molar-refractivity contribution is 6.04. The number of carbonyl (C=O) groups excluding carboxylic acids is 2. The Morgan fingerprint density at radius 1 is 0.909 bits per heavy atom. The standard InChI is InChI=1S/C14H16O8/c1-19-9-5-7(8(12(15)16)6-10(9)20-2)11(13(17)21-3)14(18)22-4/h5-6,11H,1-4H3,(H,15,16). The molecule has 0 aliphatic heterocycles. The highest BCUT2D eigenvalue weighted by Gasteiger charge is 2.35. The van der Waals surface area contributed by atoms with Gasteiger partial charge in [0, 0.05) is 0 Å². The molecule has 8 heteroatoms. The van der Waals surface area contributed by atoms with Gasteiger partial charge in [0.15, 0.2) is 17.4 Å². The topological polar surface area (TPSA) is 108 Å². The van der Waals surface area contributed by atoms with Crippen molar-refractivity contribution >= 4 is 17.9 Å². The van der Waals surface area contributed by atoms with Crippen LogP contribution in [0.3, 0.4) is 0 Å². The van der Waals surface area contributed by atoms with E-state index in [2.05, 4.69) is 9.47 Å². The summed E-state index contributed by atoms with van der Waals surface area (Å²) in [6.07, 6.45) is 0. The first-order chi connectivity index (χ1) is 10.4. The zero-order chi connectivity index (χ0) is 16.9. The van der Waals surface area contributed by atoms with Gasteiger partial charge >= 0.3 is 17.9 Å². The van der Waals surface area contributed by atoms with Gasteiger partial charge in [0.25, 0.3) is 0 Å². The van der Waals surface area contributed by atoms with Crippen LogP contribution in [0.5, 0.6) is 11.5 Å². The number of methoxy groups -OCH3 is 4. The lowest BCUT2D eigenvalue weighted by molar-refractivity contribution is -0.154. The van der Waals surface area contributed by atoms with Crippen molar-refractivity contribution in [2.75, 3.05) is 28.4 Å². The lowest BCUT2D eigenvalue weighted by Gasteiger charge is -2.17. The van der Waals surface area contributed by atoms with E-state index in [0.717, 1.165) is 20.3 Å². The summed E-state index contributed by atoms with van der Waals surface area (Å²) in [5.74, 6) is -4.45. The van der Waals surface area contributed by atoms with Crippen LogP contribution < -0.4 is 9.47 Å². The second kappa shape index (κ2) is 7.30. The maximum atomic E-state index is 11.9. The van der Waals surface area contributed by atoms with Crippen LogP contribution in [0, 0.1) is 0 Å². The molecular formula is C14H16O8. The van der Waals surface area contributed by atoms with Crippen molar-refractivity contribution in [3.8, 4) is 11.5 Å². The molecule has 0 amide bonds. The molecule has 0 radical (unpaired) electrons. The number of carbonyl (C=O) groups is 3. The van der Waals surface area contributed by atoms with Crippen molar-refractivity contribution in [1.82, 2.24) is 0 Å². The second-order valence-electron chi connectivity index (χ2n) is 4.08. The third kappa shape index (κ3) is 3.27. The number of aromatic carboxylic acids is 1. The minimum absolute atomic E-state index is 0.108. The number of hydrogen-bond donors (Lipinski definition) is 1. The van der Waals surface area contributed by atoms with Crippen LogP contribution in [0.1, 0.15) is 21.8 Å². The average molecular weight is 312 g/mol. The molecule has 0 fully saturated rings. The smallest absolute Gasteiger partial charge is 0.336 e. The van der Waals surface area contributed by atoms with Gasteiger partial charge in [-0.3, -0.25) is 9.59 Å². The summed E-state index contributed by atoms with van der Waals surface area (Å²) in [5, 5.41) is 9.31. The van der Waals surface area contributed by atoms with Crippen molar-refractivity contribution in [1.29, 1.82) is 0 Å². The summed E-state index contributed by atoms with van der Waals surface area (Å²) >= 11 is 0. The summed E-state index contributed by atoms with van der Waals surface area (Å²) in [6.45, 7) is 0. The molecule has 0 atom stereocenters. The Morgan fingerprint density at radius 2 is 1.36 bits per heavy atom. The summed E-state index contributed by atoms with van der Waals surface area (Å²) in [6, 6.07) is 2.40. The van der Waals surface area contributed by atoms with Gasteiger partial charge in [-0.25, -0.2) is 4.79 Å². The lowest BCUT2D eigenvalue weighted by Crippen LogP contribution is -2.26. The van der Waals surface area contributed by atoms with E-state index in [1.54, 1.807) is 0 Å². The molecule has 0 spiro atoms. The quantitative estimate of drug-likeness (QED) is 0.608. The normalized spacial score (nSPS) is 10.0. The van der Waals surface area contributed by atoms with Gasteiger partial charge in [0.2, 0.25) is 0 Å². The van der Waals surface area contributed by atoms with E-state index >= 15 is 0 Å². The van der Waals surface area contributed by atoms with Gasteiger partial charge in [0.05, 0.1) is 34.0 Å². The van der Waals surface area contributed by atoms with E-state index in [9.17, 15) is 19.5 Å². The number of carboxylic acid groups (broad SMARTS) is 1. The van der Waals surface area contributed by atoms with Crippen LogP contribution in [0.4, 0.5) is 0 Å². The second-order valence-corrected chi connectivity index (χ2v) is 4.08. The monoisotopic (exact) mass is 312 g/mol. The van der Waals surface area contributed by atoms with Crippen LogP contribution in [-0.4, -0.2) is 51.5 Å². The van der Waals surface area contributed by atoms with Gasteiger partial charge in [0.1, 0.15) is 0 Å². The maximum absolute atomic E-state index is 11.9. The number of benzene rings is 1. The molecule has 22 heavy (non-hydrogen) atoms. The molecule has 0 aliphatic rings. The molecule has 0 saturated carbocycles. The van der Waals surface area contributed by atoms with Crippen molar-refractivity contribution in [3.63, 3.8) is 0 Å². The van der Waals surface area contributed by atoms with Gasteiger partial charge in [-0.15, -0.1) is 0 Å². The molecule has 1 N–H and O–H groups in total. The molecule has 0 unspecified atom stereocenters. The van der Waals surface area contributed by atoms with Crippen LogP contribution >= 0.6 is 0 Å².